The van der Waals surface area contributed by atoms with E-state index in [9.17, 15) is 4.79 Å². The molecule has 0 spiro atoms. The van der Waals surface area contributed by atoms with E-state index in [0.717, 1.165) is 12.8 Å². The first-order valence-corrected chi connectivity index (χ1v) is 7.65. The summed E-state index contributed by atoms with van der Waals surface area (Å²) in [6.45, 7) is 4.44. The Morgan fingerprint density at radius 2 is 1.93 bits per heavy atom. The van der Waals surface area contributed by atoms with E-state index in [2.05, 4.69) is 13.8 Å². The molecule has 2 aliphatic rings. The number of ketones is 1. The largest absolute Gasteiger partial charge is 0.295 e. The summed E-state index contributed by atoms with van der Waals surface area (Å²) in [5, 5.41) is 0. The van der Waals surface area contributed by atoms with Crippen LogP contribution in [0.25, 0.3) is 0 Å². The predicted molar refractivity (Wildman–Crippen MR) is 67.3 cm³/mol. The lowest BCUT2D eigenvalue weighted by atomic mass is 9.77. The zero-order valence-electron chi connectivity index (χ0n) is 9.84. The van der Waals surface area contributed by atoms with Crippen molar-refractivity contribution in [2.24, 2.45) is 5.41 Å². The van der Waals surface area contributed by atoms with Crippen molar-refractivity contribution in [1.82, 2.24) is 0 Å². The van der Waals surface area contributed by atoms with Crippen LogP contribution in [0.3, 0.4) is 0 Å². The van der Waals surface area contributed by atoms with Crippen LogP contribution in [-0.2, 0) is 15.7 Å². The lowest BCUT2D eigenvalue weighted by molar-refractivity contribution is -0.117. The molecule has 1 nitrogen and oxygen atoms in total. The van der Waals surface area contributed by atoms with Crippen LogP contribution in [0.5, 0.6) is 0 Å². The van der Waals surface area contributed by atoms with E-state index >= 15 is 0 Å². The van der Waals surface area contributed by atoms with Gasteiger partial charge in [0.2, 0.25) is 0 Å². The number of hydrogen-bond acceptors (Lipinski definition) is 1. The minimum Gasteiger partial charge on any atom is -0.295 e. The highest BCUT2D eigenvalue weighted by Gasteiger charge is 2.32. The van der Waals surface area contributed by atoms with Crippen LogP contribution in [-0.4, -0.2) is 23.0 Å². The fourth-order valence-electron chi connectivity index (χ4n) is 2.69. The lowest BCUT2D eigenvalue weighted by Crippen LogP contribution is -2.25. The fourth-order valence-corrected chi connectivity index (χ4v) is 5.12. The molecule has 0 radical (unpaired) electrons. The van der Waals surface area contributed by atoms with Gasteiger partial charge < -0.3 is 0 Å². The normalized spacial score (nSPS) is 26.8. The molecule has 84 valence electrons. The summed E-state index contributed by atoms with van der Waals surface area (Å²) in [6, 6.07) is 0. The number of allylic oxidation sites excluding steroid dienone is 1. The van der Waals surface area contributed by atoms with E-state index in [1.165, 1.54) is 35.7 Å². The maximum Gasteiger partial charge on any atom is 0.156 e. The summed E-state index contributed by atoms with van der Waals surface area (Å²) in [5.41, 5.74) is 1.64. The molecule has 0 N–H and O–H groups in total. The number of hydrogen-bond donors (Lipinski definition) is 0. The first kappa shape index (κ1) is 11.3. The van der Waals surface area contributed by atoms with Crippen molar-refractivity contribution < 1.29 is 4.79 Å². The molecule has 0 atom stereocenters. The minimum atomic E-state index is 0.213. The average molecular weight is 225 g/mol. The van der Waals surface area contributed by atoms with E-state index in [-0.39, 0.29) is 5.41 Å². The van der Waals surface area contributed by atoms with E-state index in [1.807, 2.05) is 6.08 Å². The molecule has 2 heteroatoms. The van der Waals surface area contributed by atoms with E-state index < -0.39 is 0 Å². The zero-order chi connectivity index (χ0) is 10.9. The van der Waals surface area contributed by atoms with Gasteiger partial charge in [-0.3, -0.25) is 4.79 Å². The Morgan fingerprint density at radius 1 is 1.27 bits per heavy atom. The van der Waals surface area contributed by atoms with Gasteiger partial charge >= 0.3 is 0 Å². The van der Waals surface area contributed by atoms with E-state index in [1.54, 1.807) is 0 Å². The first-order valence-electron chi connectivity index (χ1n) is 5.92. The van der Waals surface area contributed by atoms with Crippen molar-refractivity contribution in [2.75, 3.05) is 17.3 Å². The molecule has 0 saturated carbocycles. The van der Waals surface area contributed by atoms with Crippen LogP contribution in [0.15, 0.2) is 11.6 Å². The van der Waals surface area contributed by atoms with Crippen LogP contribution in [0.1, 0.15) is 39.5 Å². The Balaban J connectivity index is 1.98. The molecule has 0 aromatic heterocycles. The van der Waals surface area contributed by atoms with Crippen molar-refractivity contribution in [1.29, 1.82) is 0 Å². The van der Waals surface area contributed by atoms with Gasteiger partial charge in [-0.15, -0.1) is 0 Å². The third-order valence-electron chi connectivity index (χ3n) is 3.23. The highest BCUT2D eigenvalue weighted by Crippen LogP contribution is 2.34. The first-order chi connectivity index (χ1) is 7.05. The lowest BCUT2D eigenvalue weighted by Gasteiger charge is -2.28. The van der Waals surface area contributed by atoms with Gasteiger partial charge in [0.25, 0.3) is 0 Å². The molecule has 1 saturated heterocycles. The van der Waals surface area contributed by atoms with Gasteiger partial charge in [0.05, 0.1) is 0 Å². The van der Waals surface area contributed by atoms with Crippen LogP contribution in [0, 0.1) is 5.41 Å². The second-order valence-electron chi connectivity index (χ2n) is 5.66. The second kappa shape index (κ2) is 4.32. The number of rotatable bonds is 2. The third-order valence-corrected chi connectivity index (χ3v) is 5.74. The van der Waals surface area contributed by atoms with Gasteiger partial charge in [-0.05, 0) is 47.2 Å². The fraction of sp³-hybridized carbons (Fsp3) is 0.769. The second-order valence-corrected chi connectivity index (χ2v) is 7.99. The smallest absolute Gasteiger partial charge is 0.156 e. The van der Waals surface area contributed by atoms with Crippen molar-refractivity contribution in [2.45, 2.75) is 39.5 Å². The Labute approximate surface area is 95.7 Å². The Morgan fingerprint density at radius 3 is 2.53 bits per heavy atom. The van der Waals surface area contributed by atoms with E-state index in [4.69, 9.17) is 0 Å². The van der Waals surface area contributed by atoms with Crippen LogP contribution >= 0.6 is 0 Å². The highest BCUT2D eigenvalue weighted by molar-refractivity contribution is 7.97. The van der Waals surface area contributed by atoms with Gasteiger partial charge in [0.1, 0.15) is 17.3 Å². The maximum absolute atomic E-state index is 11.6. The summed E-state index contributed by atoms with van der Waals surface area (Å²) in [5.74, 6) is 4.39. The number of carbonyl (C=O) groups is 1. The topological polar surface area (TPSA) is 17.1 Å². The molecule has 0 aromatic rings. The molecule has 0 bridgehead atoms. The summed E-state index contributed by atoms with van der Waals surface area (Å²) < 4.78 is 0. The molecule has 0 amide bonds. The predicted octanol–water partition coefficient (Wildman–Crippen LogP) is 2.71. The van der Waals surface area contributed by atoms with Crippen LogP contribution in [0.2, 0.25) is 0 Å². The third kappa shape index (κ3) is 3.10. The number of carbonyl (C=O) groups excluding carboxylic acids is 1. The van der Waals surface area contributed by atoms with E-state index in [0.29, 0.717) is 16.7 Å². The van der Waals surface area contributed by atoms with Gasteiger partial charge in [0, 0.05) is 6.42 Å². The Kier molecular flexibility index (Phi) is 3.24. The van der Waals surface area contributed by atoms with Gasteiger partial charge in [-0.2, -0.15) is 0 Å². The van der Waals surface area contributed by atoms with Crippen LogP contribution in [0.4, 0.5) is 0 Å². The molecule has 1 aliphatic carbocycles. The van der Waals surface area contributed by atoms with Crippen molar-refractivity contribution >= 4 is 16.7 Å². The molecule has 1 heterocycles. The summed E-state index contributed by atoms with van der Waals surface area (Å²) in [6.07, 6.45) is 6.64. The molecule has 0 unspecified atom stereocenters. The average Bonchev–Trinajstić information content (AvgIpc) is 2.52. The standard InChI is InChI=1S/C13H21OS/c1-13(2)8-11(7-12(14)9-13)10-15-5-3-4-6-15/h7H,3-6,8-10H2,1-2H3/q+1. The Hall–Kier alpha value is -0.240. The van der Waals surface area contributed by atoms with Gasteiger partial charge in [-0.1, -0.05) is 13.8 Å². The molecule has 0 aromatic carbocycles. The molecular weight excluding hydrogens is 204 g/mol. The Bertz CT molecular complexity index is 285. The highest BCUT2D eigenvalue weighted by atomic mass is 32.2. The molecule has 15 heavy (non-hydrogen) atoms. The van der Waals surface area contributed by atoms with Crippen molar-refractivity contribution in [3.05, 3.63) is 11.6 Å². The van der Waals surface area contributed by atoms with Crippen molar-refractivity contribution in [3.8, 4) is 0 Å². The quantitative estimate of drug-likeness (QED) is 0.660. The zero-order valence-corrected chi connectivity index (χ0v) is 10.7. The molecule has 2 rings (SSSR count). The van der Waals surface area contributed by atoms with Gasteiger partial charge in [0.15, 0.2) is 5.78 Å². The summed E-state index contributed by atoms with van der Waals surface area (Å²) >= 11 is 0. The SMILES string of the molecule is CC1(C)CC(=O)C=C(C[S+]2CCCC2)C1. The molecule has 1 fully saturated rings. The minimum absolute atomic E-state index is 0.213. The summed E-state index contributed by atoms with van der Waals surface area (Å²) in [4.78, 5) is 11.6. The molecular formula is C13H21OS+. The maximum atomic E-state index is 11.6. The summed E-state index contributed by atoms with van der Waals surface area (Å²) in [7, 11) is 0.606. The van der Waals surface area contributed by atoms with Gasteiger partial charge in [-0.25, -0.2) is 0 Å². The monoisotopic (exact) mass is 225 g/mol. The van der Waals surface area contributed by atoms with Crippen molar-refractivity contribution in [3.63, 3.8) is 0 Å². The van der Waals surface area contributed by atoms with Crippen LogP contribution < -0.4 is 0 Å². The molecule has 1 aliphatic heterocycles.